The van der Waals surface area contributed by atoms with Crippen LogP contribution in [0, 0.1) is 0 Å². The summed E-state index contributed by atoms with van der Waals surface area (Å²) >= 11 is 6.02. The number of hydrogen-bond donors (Lipinski definition) is 2. The molecule has 118 valence electrons. The van der Waals surface area contributed by atoms with Gasteiger partial charge in [0, 0.05) is 12.7 Å². The van der Waals surface area contributed by atoms with Crippen molar-refractivity contribution in [1.82, 2.24) is 5.32 Å². The monoisotopic (exact) mass is 328 g/mol. The summed E-state index contributed by atoms with van der Waals surface area (Å²) in [7, 11) is 1.65. The van der Waals surface area contributed by atoms with Crippen LogP contribution in [0.3, 0.4) is 0 Å². The summed E-state index contributed by atoms with van der Waals surface area (Å²) in [6.45, 7) is 0. The van der Waals surface area contributed by atoms with Crippen molar-refractivity contribution in [3.05, 3.63) is 64.7 Å². The molecule has 1 aliphatic rings. The first-order valence-corrected chi connectivity index (χ1v) is 7.83. The molecule has 0 heterocycles. The maximum absolute atomic E-state index is 12.2. The quantitative estimate of drug-likeness (QED) is 0.904. The number of carbonyl (C=O) groups is 2. The Morgan fingerprint density at radius 2 is 1.70 bits per heavy atom. The molecule has 0 saturated heterocycles. The third-order valence-corrected chi connectivity index (χ3v) is 4.56. The van der Waals surface area contributed by atoms with E-state index in [4.69, 9.17) is 11.6 Å². The van der Waals surface area contributed by atoms with Crippen LogP contribution in [0.25, 0.3) is 0 Å². The predicted octanol–water partition coefficient (Wildman–Crippen LogP) is 3.37. The van der Waals surface area contributed by atoms with Gasteiger partial charge in [0.1, 0.15) is 0 Å². The maximum atomic E-state index is 12.2. The van der Waals surface area contributed by atoms with E-state index in [-0.39, 0.29) is 17.2 Å². The average molecular weight is 329 g/mol. The molecular weight excluding hydrogens is 312 g/mol. The van der Waals surface area contributed by atoms with E-state index in [2.05, 4.69) is 10.6 Å². The van der Waals surface area contributed by atoms with E-state index in [0.29, 0.717) is 16.3 Å². The molecule has 23 heavy (non-hydrogen) atoms. The zero-order valence-electron chi connectivity index (χ0n) is 12.7. The van der Waals surface area contributed by atoms with E-state index in [1.165, 1.54) is 0 Å². The van der Waals surface area contributed by atoms with Crippen LogP contribution in [0.15, 0.2) is 48.5 Å². The van der Waals surface area contributed by atoms with Crippen molar-refractivity contribution < 1.29 is 9.59 Å². The smallest absolute Gasteiger partial charge is 0.257 e. The zero-order chi connectivity index (χ0) is 16.4. The van der Waals surface area contributed by atoms with Crippen LogP contribution in [0.4, 0.5) is 5.69 Å². The van der Waals surface area contributed by atoms with Crippen molar-refractivity contribution in [1.29, 1.82) is 0 Å². The fourth-order valence-electron chi connectivity index (χ4n) is 2.73. The number of anilines is 1. The number of benzene rings is 2. The van der Waals surface area contributed by atoms with Crippen LogP contribution in [0.5, 0.6) is 0 Å². The molecule has 2 aromatic carbocycles. The topological polar surface area (TPSA) is 58.2 Å². The van der Waals surface area contributed by atoms with Crippen molar-refractivity contribution in [3.8, 4) is 0 Å². The minimum atomic E-state index is -0.389. The van der Waals surface area contributed by atoms with Gasteiger partial charge < -0.3 is 10.6 Å². The second-order valence-electron chi connectivity index (χ2n) is 5.67. The second kappa shape index (κ2) is 6.05. The van der Waals surface area contributed by atoms with Gasteiger partial charge in [-0.3, -0.25) is 9.59 Å². The number of carbonyl (C=O) groups excluding carboxylic acids is 2. The summed E-state index contributed by atoms with van der Waals surface area (Å²) in [5.41, 5.74) is 1.70. The van der Waals surface area contributed by atoms with Crippen LogP contribution in [-0.2, 0) is 10.2 Å². The largest absolute Gasteiger partial charge is 0.358 e. The molecule has 2 N–H and O–H groups in total. The minimum Gasteiger partial charge on any atom is -0.358 e. The van der Waals surface area contributed by atoms with Crippen molar-refractivity contribution in [2.24, 2.45) is 0 Å². The summed E-state index contributed by atoms with van der Waals surface area (Å²) in [6, 6.07) is 14.3. The van der Waals surface area contributed by atoms with E-state index in [9.17, 15) is 9.59 Å². The summed E-state index contributed by atoms with van der Waals surface area (Å²) in [5.74, 6) is -0.207. The Morgan fingerprint density at radius 3 is 2.26 bits per heavy atom. The van der Waals surface area contributed by atoms with E-state index >= 15 is 0 Å². The van der Waals surface area contributed by atoms with Gasteiger partial charge in [0.2, 0.25) is 5.91 Å². The predicted molar refractivity (Wildman–Crippen MR) is 90.8 cm³/mol. The Bertz CT molecular complexity index is 752. The summed E-state index contributed by atoms with van der Waals surface area (Å²) in [4.78, 5) is 24.2. The SMILES string of the molecule is CNC(=O)C1(c2ccc(NC(=O)c3ccccc3Cl)cc2)CC1. The van der Waals surface area contributed by atoms with Crippen molar-refractivity contribution in [2.75, 3.05) is 12.4 Å². The molecule has 0 bridgehead atoms. The van der Waals surface area contributed by atoms with Gasteiger partial charge in [-0.2, -0.15) is 0 Å². The number of halogens is 1. The molecule has 2 amide bonds. The maximum Gasteiger partial charge on any atom is 0.257 e. The van der Waals surface area contributed by atoms with Gasteiger partial charge in [-0.05, 0) is 42.7 Å². The fraction of sp³-hybridized carbons (Fsp3) is 0.222. The first kappa shape index (κ1) is 15.6. The van der Waals surface area contributed by atoms with Crippen LogP contribution in [0.2, 0.25) is 5.02 Å². The molecule has 2 aromatic rings. The third kappa shape index (κ3) is 2.94. The molecule has 4 nitrogen and oxygen atoms in total. The molecule has 5 heteroatoms. The first-order chi connectivity index (χ1) is 11.1. The number of likely N-dealkylation sites (N-methyl/N-ethyl adjacent to an activating group) is 1. The van der Waals surface area contributed by atoms with Crippen molar-refractivity contribution in [3.63, 3.8) is 0 Å². The van der Waals surface area contributed by atoms with Crippen molar-refractivity contribution in [2.45, 2.75) is 18.3 Å². The van der Waals surface area contributed by atoms with Crippen LogP contribution in [0.1, 0.15) is 28.8 Å². The molecule has 0 unspecified atom stereocenters. The standard InChI is InChI=1S/C18H17ClN2O2/c1-20-17(23)18(10-11-18)12-6-8-13(9-7-12)21-16(22)14-4-2-3-5-15(14)19/h2-9H,10-11H2,1H3,(H,20,23)(H,21,22). The average Bonchev–Trinajstić information content (AvgIpc) is 3.37. The van der Waals surface area contributed by atoms with Gasteiger partial charge in [0.25, 0.3) is 5.91 Å². The van der Waals surface area contributed by atoms with E-state index in [1.807, 2.05) is 24.3 Å². The molecule has 1 fully saturated rings. The van der Waals surface area contributed by atoms with Gasteiger partial charge in [-0.1, -0.05) is 35.9 Å². The Hall–Kier alpha value is -2.33. The number of hydrogen-bond acceptors (Lipinski definition) is 2. The highest BCUT2D eigenvalue weighted by atomic mass is 35.5. The second-order valence-corrected chi connectivity index (χ2v) is 6.08. The minimum absolute atomic E-state index is 0.0466. The van der Waals surface area contributed by atoms with Crippen LogP contribution >= 0.6 is 11.6 Å². The van der Waals surface area contributed by atoms with Crippen molar-refractivity contribution >= 4 is 29.1 Å². The molecule has 0 atom stereocenters. The molecular formula is C18H17ClN2O2. The molecule has 1 aliphatic carbocycles. The van der Waals surface area contributed by atoms with Gasteiger partial charge in [-0.15, -0.1) is 0 Å². The molecule has 0 spiro atoms. The highest BCUT2D eigenvalue weighted by molar-refractivity contribution is 6.34. The zero-order valence-corrected chi connectivity index (χ0v) is 13.5. The Morgan fingerprint density at radius 1 is 1.04 bits per heavy atom. The lowest BCUT2D eigenvalue weighted by Gasteiger charge is -2.14. The van der Waals surface area contributed by atoms with E-state index < -0.39 is 0 Å². The molecule has 0 radical (unpaired) electrons. The van der Waals surface area contributed by atoms with Gasteiger partial charge in [-0.25, -0.2) is 0 Å². The first-order valence-electron chi connectivity index (χ1n) is 7.45. The summed E-state index contributed by atoms with van der Waals surface area (Å²) < 4.78 is 0. The van der Waals surface area contributed by atoms with E-state index in [0.717, 1.165) is 18.4 Å². The number of nitrogens with one attached hydrogen (secondary N) is 2. The van der Waals surface area contributed by atoms with Crippen LogP contribution in [-0.4, -0.2) is 18.9 Å². The molecule has 0 aliphatic heterocycles. The van der Waals surface area contributed by atoms with Gasteiger partial charge >= 0.3 is 0 Å². The molecule has 3 rings (SSSR count). The molecule has 0 aromatic heterocycles. The highest BCUT2D eigenvalue weighted by Gasteiger charge is 2.50. The summed E-state index contributed by atoms with van der Waals surface area (Å²) in [6.07, 6.45) is 1.72. The fourth-order valence-corrected chi connectivity index (χ4v) is 2.95. The number of amides is 2. The number of rotatable bonds is 4. The normalized spacial score (nSPS) is 14.9. The Kier molecular flexibility index (Phi) is 4.09. The lowest BCUT2D eigenvalue weighted by Crippen LogP contribution is -2.31. The lowest BCUT2D eigenvalue weighted by molar-refractivity contribution is -0.123. The molecule has 1 saturated carbocycles. The van der Waals surface area contributed by atoms with Gasteiger partial charge in [0.15, 0.2) is 0 Å². The Balaban J connectivity index is 1.75. The van der Waals surface area contributed by atoms with Gasteiger partial charge in [0.05, 0.1) is 16.0 Å². The van der Waals surface area contributed by atoms with E-state index in [1.54, 1.807) is 31.3 Å². The van der Waals surface area contributed by atoms with Crippen LogP contribution < -0.4 is 10.6 Å². The Labute approximate surface area is 139 Å². The lowest BCUT2D eigenvalue weighted by atomic mass is 9.95. The third-order valence-electron chi connectivity index (χ3n) is 4.23. The highest BCUT2D eigenvalue weighted by Crippen LogP contribution is 2.48. The summed E-state index contributed by atoms with van der Waals surface area (Å²) in [5, 5.41) is 5.95.